The summed E-state index contributed by atoms with van der Waals surface area (Å²) < 4.78 is 16.3. The molecule has 0 amide bonds. The van der Waals surface area contributed by atoms with Gasteiger partial charge in [-0.1, -0.05) is 18.0 Å². The Bertz CT molecular complexity index is 744. The molecule has 6 nitrogen and oxygen atoms in total. The molecular formula is C20H27N3O3. The van der Waals surface area contributed by atoms with Crippen LogP contribution in [0.15, 0.2) is 22.7 Å². The van der Waals surface area contributed by atoms with E-state index in [0.29, 0.717) is 23.5 Å². The van der Waals surface area contributed by atoms with Crippen molar-refractivity contribution in [3.8, 4) is 22.9 Å². The van der Waals surface area contributed by atoms with E-state index in [1.807, 2.05) is 18.2 Å². The standard InChI is InChI=1S/C20H27N3O3/c1-24-15-9-10-16(18(12-15)25-2)20-21-19(26-22-20)13-23-11-5-7-14-6-3-4-8-17(14)23/h9-10,12,14,17H,3-8,11,13H2,1-2H3. The largest absolute Gasteiger partial charge is 0.497 e. The van der Waals surface area contributed by atoms with Crippen molar-refractivity contribution < 1.29 is 14.0 Å². The second kappa shape index (κ2) is 7.66. The molecular weight excluding hydrogens is 330 g/mol. The van der Waals surface area contributed by atoms with Crippen LogP contribution in [0, 0.1) is 5.92 Å². The zero-order chi connectivity index (χ0) is 17.9. The molecule has 1 saturated heterocycles. The summed E-state index contributed by atoms with van der Waals surface area (Å²) in [6, 6.07) is 6.31. The van der Waals surface area contributed by atoms with Gasteiger partial charge in [0.15, 0.2) is 0 Å². The number of rotatable bonds is 5. The smallest absolute Gasteiger partial charge is 0.241 e. The van der Waals surface area contributed by atoms with Crippen molar-refractivity contribution in [3.05, 3.63) is 24.1 Å². The van der Waals surface area contributed by atoms with E-state index in [0.717, 1.165) is 30.3 Å². The van der Waals surface area contributed by atoms with Gasteiger partial charge < -0.3 is 14.0 Å². The molecule has 1 aliphatic carbocycles. The molecule has 4 rings (SSSR count). The monoisotopic (exact) mass is 357 g/mol. The number of hydrogen-bond acceptors (Lipinski definition) is 6. The van der Waals surface area contributed by atoms with E-state index in [9.17, 15) is 0 Å². The molecule has 6 heteroatoms. The first-order valence-electron chi connectivity index (χ1n) is 9.57. The third-order valence-electron chi connectivity index (χ3n) is 5.81. The van der Waals surface area contributed by atoms with Gasteiger partial charge in [0.05, 0.1) is 26.3 Å². The molecule has 1 aliphatic heterocycles. The van der Waals surface area contributed by atoms with Gasteiger partial charge in [-0.15, -0.1) is 0 Å². The molecule has 2 heterocycles. The van der Waals surface area contributed by atoms with Crippen LogP contribution in [0.4, 0.5) is 0 Å². The van der Waals surface area contributed by atoms with E-state index < -0.39 is 0 Å². The number of hydrogen-bond donors (Lipinski definition) is 0. The number of nitrogens with zero attached hydrogens (tertiary/aromatic N) is 3. The summed E-state index contributed by atoms with van der Waals surface area (Å²) in [5.41, 5.74) is 0.817. The third kappa shape index (κ3) is 3.43. The third-order valence-corrected chi connectivity index (χ3v) is 5.81. The highest BCUT2D eigenvalue weighted by atomic mass is 16.5. The van der Waals surface area contributed by atoms with Gasteiger partial charge in [-0.2, -0.15) is 4.98 Å². The Labute approximate surface area is 154 Å². The Balaban J connectivity index is 1.51. The quantitative estimate of drug-likeness (QED) is 0.808. The van der Waals surface area contributed by atoms with E-state index in [1.165, 1.54) is 38.5 Å². The Morgan fingerprint density at radius 1 is 1.12 bits per heavy atom. The maximum atomic E-state index is 5.57. The summed E-state index contributed by atoms with van der Waals surface area (Å²) in [7, 11) is 3.27. The van der Waals surface area contributed by atoms with Crippen LogP contribution >= 0.6 is 0 Å². The molecule has 2 unspecified atom stereocenters. The highest BCUT2D eigenvalue weighted by Gasteiger charge is 2.33. The zero-order valence-electron chi connectivity index (χ0n) is 15.6. The summed E-state index contributed by atoms with van der Waals surface area (Å²) in [5.74, 6) is 3.52. The summed E-state index contributed by atoms with van der Waals surface area (Å²) in [4.78, 5) is 7.19. The SMILES string of the molecule is COc1ccc(-c2noc(CN3CCCC4CCCCC43)n2)c(OC)c1. The van der Waals surface area contributed by atoms with Gasteiger partial charge in [0.25, 0.3) is 0 Å². The fourth-order valence-electron chi connectivity index (χ4n) is 4.51. The zero-order valence-corrected chi connectivity index (χ0v) is 15.6. The molecule has 0 bridgehead atoms. The van der Waals surface area contributed by atoms with Crippen molar-refractivity contribution in [1.82, 2.24) is 15.0 Å². The Hall–Kier alpha value is -2.08. The molecule has 2 fully saturated rings. The summed E-state index contributed by atoms with van der Waals surface area (Å²) in [6.45, 7) is 1.87. The second-order valence-corrected chi connectivity index (χ2v) is 7.30. The first kappa shape index (κ1) is 17.3. The molecule has 26 heavy (non-hydrogen) atoms. The predicted octanol–water partition coefficient (Wildman–Crippen LogP) is 3.91. The van der Waals surface area contributed by atoms with Crippen molar-refractivity contribution in [2.24, 2.45) is 5.92 Å². The lowest BCUT2D eigenvalue weighted by Gasteiger charge is -2.43. The minimum absolute atomic E-state index is 0.566. The lowest BCUT2D eigenvalue weighted by atomic mass is 9.78. The molecule has 0 radical (unpaired) electrons. The first-order valence-corrected chi connectivity index (χ1v) is 9.57. The van der Waals surface area contributed by atoms with E-state index in [-0.39, 0.29) is 0 Å². The molecule has 140 valence electrons. The molecule has 1 aromatic carbocycles. The number of benzene rings is 1. The number of methoxy groups -OCH3 is 2. The van der Waals surface area contributed by atoms with Crippen molar-refractivity contribution in [2.45, 2.75) is 51.1 Å². The fraction of sp³-hybridized carbons (Fsp3) is 0.600. The van der Waals surface area contributed by atoms with Crippen LogP contribution < -0.4 is 9.47 Å². The van der Waals surface area contributed by atoms with E-state index in [1.54, 1.807) is 14.2 Å². The van der Waals surface area contributed by atoms with Gasteiger partial charge in [0.2, 0.25) is 11.7 Å². The van der Waals surface area contributed by atoms with Crippen molar-refractivity contribution in [1.29, 1.82) is 0 Å². The highest BCUT2D eigenvalue weighted by Crippen LogP contribution is 2.36. The second-order valence-electron chi connectivity index (χ2n) is 7.30. The van der Waals surface area contributed by atoms with Gasteiger partial charge in [-0.05, 0) is 50.3 Å². The fourth-order valence-corrected chi connectivity index (χ4v) is 4.51. The lowest BCUT2D eigenvalue weighted by Crippen LogP contribution is -2.46. The van der Waals surface area contributed by atoms with Crippen LogP contribution in [-0.4, -0.2) is 41.8 Å². The molecule has 2 aliphatic rings. The van der Waals surface area contributed by atoms with Gasteiger partial charge >= 0.3 is 0 Å². The Kier molecular flexibility index (Phi) is 5.11. The summed E-state index contributed by atoms with van der Waals surface area (Å²) in [6.07, 6.45) is 8.05. The van der Waals surface area contributed by atoms with Crippen LogP contribution in [0.25, 0.3) is 11.4 Å². The minimum atomic E-state index is 0.566. The maximum Gasteiger partial charge on any atom is 0.241 e. The topological polar surface area (TPSA) is 60.6 Å². The van der Waals surface area contributed by atoms with Crippen LogP contribution in [0.5, 0.6) is 11.5 Å². The molecule has 2 aromatic rings. The van der Waals surface area contributed by atoms with Crippen molar-refractivity contribution >= 4 is 0 Å². The highest BCUT2D eigenvalue weighted by molar-refractivity contribution is 5.65. The van der Waals surface area contributed by atoms with Crippen LogP contribution in [0.2, 0.25) is 0 Å². The first-order chi connectivity index (χ1) is 12.8. The van der Waals surface area contributed by atoms with Gasteiger partial charge in [0.1, 0.15) is 11.5 Å². The number of aromatic nitrogens is 2. The number of likely N-dealkylation sites (tertiary alicyclic amines) is 1. The molecule has 1 saturated carbocycles. The Morgan fingerprint density at radius 3 is 2.81 bits per heavy atom. The predicted molar refractivity (Wildman–Crippen MR) is 98.2 cm³/mol. The number of piperidine rings is 1. The van der Waals surface area contributed by atoms with E-state index >= 15 is 0 Å². The van der Waals surface area contributed by atoms with Crippen molar-refractivity contribution in [3.63, 3.8) is 0 Å². The normalized spacial score (nSPS) is 23.5. The van der Waals surface area contributed by atoms with Gasteiger partial charge in [0, 0.05) is 12.1 Å². The van der Waals surface area contributed by atoms with Crippen molar-refractivity contribution in [2.75, 3.05) is 20.8 Å². The van der Waals surface area contributed by atoms with Crippen LogP contribution in [-0.2, 0) is 6.54 Å². The minimum Gasteiger partial charge on any atom is -0.497 e. The Morgan fingerprint density at radius 2 is 1.96 bits per heavy atom. The van der Waals surface area contributed by atoms with E-state index in [4.69, 9.17) is 14.0 Å². The van der Waals surface area contributed by atoms with Crippen LogP contribution in [0.1, 0.15) is 44.4 Å². The maximum absolute atomic E-state index is 5.57. The molecule has 2 atom stereocenters. The molecule has 0 N–H and O–H groups in total. The van der Waals surface area contributed by atoms with E-state index in [2.05, 4.69) is 15.0 Å². The van der Waals surface area contributed by atoms with Gasteiger partial charge in [-0.25, -0.2) is 0 Å². The molecule has 0 spiro atoms. The lowest BCUT2D eigenvalue weighted by molar-refractivity contribution is 0.0466. The average molecular weight is 357 g/mol. The van der Waals surface area contributed by atoms with Gasteiger partial charge in [-0.3, -0.25) is 4.90 Å². The average Bonchev–Trinajstić information content (AvgIpc) is 3.16. The molecule has 1 aromatic heterocycles. The number of ether oxygens (including phenoxy) is 2. The summed E-state index contributed by atoms with van der Waals surface area (Å²) in [5, 5.41) is 4.19. The van der Waals surface area contributed by atoms with Crippen LogP contribution in [0.3, 0.4) is 0 Å². The summed E-state index contributed by atoms with van der Waals surface area (Å²) >= 11 is 0. The number of fused-ring (bicyclic) bond motifs is 1.